The molecular formula is C23H28BrClN4O2S. The summed E-state index contributed by atoms with van der Waals surface area (Å²) in [6, 6.07) is 5.35. The van der Waals surface area contributed by atoms with Gasteiger partial charge in [-0.2, -0.15) is 0 Å². The van der Waals surface area contributed by atoms with Crippen molar-refractivity contribution < 1.29 is 9.59 Å². The largest absolute Gasteiger partial charge is 0.375 e. The van der Waals surface area contributed by atoms with Gasteiger partial charge in [0.25, 0.3) is 5.91 Å². The van der Waals surface area contributed by atoms with Crippen LogP contribution < -0.4 is 16.0 Å². The number of hydrogen-bond donors (Lipinski definition) is 3. The average molecular weight is 540 g/mol. The average Bonchev–Trinajstić information content (AvgIpc) is 3.22. The summed E-state index contributed by atoms with van der Waals surface area (Å²) in [5.74, 6) is 0.281. The van der Waals surface area contributed by atoms with E-state index in [1.165, 1.54) is 24.2 Å². The molecule has 2 aromatic rings. The van der Waals surface area contributed by atoms with E-state index in [2.05, 4.69) is 36.9 Å². The number of amides is 2. The molecule has 0 aromatic carbocycles. The molecule has 0 spiro atoms. The van der Waals surface area contributed by atoms with E-state index in [9.17, 15) is 9.59 Å². The fraction of sp³-hybridized carbons (Fsp3) is 0.522. The van der Waals surface area contributed by atoms with Gasteiger partial charge in [-0.25, -0.2) is 4.98 Å². The Kier molecular flexibility index (Phi) is 7.74. The lowest BCUT2D eigenvalue weighted by Gasteiger charge is -2.21. The molecule has 0 saturated heterocycles. The monoisotopic (exact) mass is 538 g/mol. The van der Waals surface area contributed by atoms with E-state index in [0.717, 1.165) is 42.7 Å². The zero-order chi connectivity index (χ0) is 22.7. The zero-order valence-electron chi connectivity index (χ0n) is 18.0. The van der Waals surface area contributed by atoms with Crippen molar-refractivity contribution in [2.24, 2.45) is 5.92 Å². The first kappa shape index (κ1) is 23.5. The predicted molar refractivity (Wildman–Crippen MR) is 132 cm³/mol. The van der Waals surface area contributed by atoms with Crippen molar-refractivity contribution in [1.29, 1.82) is 0 Å². The second-order valence-corrected chi connectivity index (χ2v) is 11.1. The van der Waals surface area contributed by atoms with Gasteiger partial charge in [-0.3, -0.25) is 9.59 Å². The van der Waals surface area contributed by atoms with E-state index in [4.69, 9.17) is 11.6 Å². The summed E-state index contributed by atoms with van der Waals surface area (Å²) < 4.78 is 0.680. The number of rotatable bonds is 9. The van der Waals surface area contributed by atoms with Crippen LogP contribution in [-0.4, -0.2) is 28.9 Å². The molecule has 4 rings (SSSR count). The number of aromatic nitrogens is 1. The molecule has 172 valence electrons. The van der Waals surface area contributed by atoms with Gasteiger partial charge in [0.15, 0.2) is 0 Å². The summed E-state index contributed by atoms with van der Waals surface area (Å²) in [5, 5.41) is 10.0. The molecular weight excluding hydrogens is 512 g/mol. The van der Waals surface area contributed by atoms with E-state index < -0.39 is 6.04 Å². The highest BCUT2D eigenvalue weighted by molar-refractivity contribution is 9.10. The van der Waals surface area contributed by atoms with Crippen LogP contribution in [0.25, 0.3) is 0 Å². The number of carbonyl (C=O) groups excluding carboxylic acids is 2. The second-order valence-electron chi connectivity index (χ2n) is 8.76. The highest BCUT2D eigenvalue weighted by atomic mass is 79.9. The summed E-state index contributed by atoms with van der Waals surface area (Å²) in [4.78, 5) is 31.6. The lowest BCUT2D eigenvalue weighted by molar-refractivity contribution is -0.123. The van der Waals surface area contributed by atoms with Crippen LogP contribution in [-0.2, 0) is 4.79 Å². The summed E-state index contributed by atoms with van der Waals surface area (Å²) in [6.45, 7) is 2.02. The molecule has 2 aliphatic carbocycles. The lowest BCUT2D eigenvalue weighted by Crippen LogP contribution is -2.48. The molecule has 3 N–H and O–H groups in total. The van der Waals surface area contributed by atoms with E-state index in [1.807, 2.05) is 25.1 Å². The summed E-state index contributed by atoms with van der Waals surface area (Å²) in [7, 11) is 0. The van der Waals surface area contributed by atoms with Gasteiger partial charge in [-0.15, -0.1) is 11.3 Å². The van der Waals surface area contributed by atoms with Gasteiger partial charge in [0, 0.05) is 17.1 Å². The number of nitrogens with zero attached hydrogens (tertiary/aromatic N) is 1. The number of nitrogens with one attached hydrogen (secondary N) is 3. The first-order valence-corrected chi connectivity index (χ1v) is 13.2. The maximum absolute atomic E-state index is 13.0. The Morgan fingerprint density at radius 1 is 1.25 bits per heavy atom. The van der Waals surface area contributed by atoms with Crippen LogP contribution in [0.1, 0.15) is 72.5 Å². The molecule has 0 bridgehead atoms. The van der Waals surface area contributed by atoms with Crippen molar-refractivity contribution in [3.05, 3.63) is 43.8 Å². The molecule has 0 radical (unpaired) electrons. The molecule has 2 heterocycles. The number of halogens is 2. The molecule has 6 nitrogen and oxygen atoms in total. The third-order valence-electron chi connectivity index (χ3n) is 6.04. The number of carbonyl (C=O) groups is 2. The number of thiophene rings is 1. The van der Waals surface area contributed by atoms with Crippen LogP contribution in [0.2, 0.25) is 5.02 Å². The van der Waals surface area contributed by atoms with Crippen molar-refractivity contribution in [2.45, 2.75) is 70.0 Å². The van der Waals surface area contributed by atoms with Gasteiger partial charge in [0.05, 0.1) is 21.6 Å². The number of pyridine rings is 1. The van der Waals surface area contributed by atoms with E-state index in [1.54, 1.807) is 6.20 Å². The number of anilines is 1. The first-order chi connectivity index (χ1) is 15.4. The highest BCUT2D eigenvalue weighted by Gasteiger charge is 2.31. The quantitative estimate of drug-likeness (QED) is 0.358. The van der Waals surface area contributed by atoms with Crippen molar-refractivity contribution >= 4 is 56.4 Å². The van der Waals surface area contributed by atoms with Crippen LogP contribution in [0.5, 0.6) is 0 Å². The Hall–Kier alpha value is -1.64. The summed E-state index contributed by atoms with van der Waals surface area (Å²) in [6.07, 6.45) is 9.08. The highest BCUT2D eigenvalue weighted by Crippen LogP contribution is 2.31. The van der Waals surface area contributed by atoms with E-state index >= 15 is 0 Å². The first-order valence-electron chi connectivity index (χ1n) is 11.2. The Labute approximate surface area is 206 Å². The van der Waals surface area contributed by atoms with Crippen LogP contribution >= 0.6 is 38.9 Å². The van der Waals surface area contributed by atoms with Crippen LogP contribution in [0.3, 0.4) is 0 Å². The van der Waals surface area contributed by atoms with Gasteiger partial charge < -0.3 is 16.0 Å². The molecule has 2 atom stereocenters. The second kappa shape index (κ2) is 10.5. The Bertz CT molecular complexity index is 975. The molecule has 2 aliphatic rings. The lowest BCUT2D eigenvalue weighted by atomic mass is 9.97. The summed E-state index contributed by atoms with van der Waals surface area (Å²) >= 11 is 10.9. The van der Waals surface area contributed by atoms with Crippen LogP contribution in [0.15, 0.2) is 29.0 Å². The van der Waals surface area contributed by atoms with E-state index in [0.29, 0.717) is 20.4 Å². The minimum atomic E-state index is -0.471. The SMILES string of the molecule is C[C@@H](Nc1cc(Cl)cnc1Br)c1ccc(C(=O)N[C@@H](CC2CCCC2)C(=O)NC2CC2)s1. The molecule has 2 fully saturated rings. The zero-order valence-corrected chi connectivity index (χ0v) is 21.2. The van der Waals surface area contributed by atoms with Crippen molar-refractivity contribution in [1.82, 2.24) is 15.6 Å². The third kappa shape index (κ3) is 6.23. The Morgan fingerprint density at radius 3 is 2.72 bits per heavy atom. The molecule has 9 heteroatoms. The molecule has 2 aromatic heterocycles. The fourth-order valence-electron chi connectivity index (χ4n) is 4.11. The maximum Gasteiger partial charge on any atom is 0.262 e. The van der Waals surface area contributed by atoms with Gasteiger partial charge in [-0.1, -0.05) is 37.3 Å². The summed E-state index contributed by atoms with van der Waals surface area (Å²) in [5.41, 5.74) is 0.790. The molecule has 0 aliphatic heterocycles. The molecule has 0 unspecified atom stereocenters. The minimum absolute atomic E-state index is 0.0365. The number of hydrogen-bond acceptors (Lipinski definition) is 5. The Morgan fingerprint density at radius 2 is 2.00 bits per heavy atom. The third-order valence-corrected chi connectivity index (χ3v) is 8.15. The molecule has 32 heavy (non-hydrogen) atoms. The topological polar surface area (TPSA) is 83.1 Å². The molecule has 2 amide bonds. The smallest absolute Gasteiger partial charge is 0.262 e. The van der Waals surface area contributed by atoms with Gasteiger partial charge in [0.1, 0.15) is 10.6 Å². The Balaban J connectivity index is 1.40. The maximum atomic E-state index is 13.0. The van der Waals surface area contributed by atoms with Crippen molar-refractivity contribution in [3.63, 3.8) is 0 Å². The van der Waals surface area contributed by atoms with Crippen LogP contribution in [0.4, 0.5) is 5.69 Å². The van der Waals surface area contributed by atoms with E-state index in [-0.39, 0.29) is 23.9 Å². The standard InChI is InChI=1S/C23H28BrClN4O2S/c1-13(27-17-11-15(25)12-26-21(17)24)19-8-9-20(32-19)23(31)29-18(10-14-4-2-3-5-14)22(30)28-16-6-7-16/h8-9,11-14,16,18,27H,2-7,10H2,1H3,(H,28,30)(H,29,31)/t13-,18+/m1/s1. The van der Waals surface area contributed by atoms with Crippen LogP contribution in [0, 0.1) is 5.92 Å². The minimum Gasteiger partial charge on any atom is -0.375 e. The van der Waals surface area contributed by atoms with Gasteiger partial charge in [-0.05, 0) is 66.2 Å². The van der Waals surface area contributed by atoms with Gasteiger partial charge in [0.2, 0.25) is 5.91 Å². The predicted octanol–water partition coefficient (Wildman–Crippen LogP) is 5.69. The van der Waals surface area contributed by atoms with Gasteiger partial charge >= 0.3 is 0 Å². The fourth-order valence-corrected chi connectivity index (χ4v) is 5.51. The normalized spacial score (nSPS) is 18.2. The van der Waals surface area contributed by atoms with Crippen molar-refractivity contribution in [3.8, 4) is 0 Å². The molecule has 2 saturated carbocycles. The van der Waals surface area contributed by atoms with Crippen molar-refractivity contribution in [2.75, 3.05) is 5.32 Å².